The van der Waals surface area contributed by atoms with Crippen molar-refractivity contribution in [2.45, 2.75) is 51.4 Å². The van der Waals surface area contributed by atoms with E-state index in [4.69, 9.17) is 4.52 Å². The quantitative estimate of drug-likeness (QED) is 0.881. The van der Waals surface area contributed by atoms with Gasteiger partial charge in [0.25, 0.3) is 0 Å². The fourth-order valence-electron chi connectivity index (χ4n) is 2.46. The first-order chi connectivity index (χ1) is 7.59. The molecule has 3 nitrogen and oxygen atoms in total. The molecule has 0 radical (unpaired) electrons. The van der Waals surface area contributed by atoms with Crippen LogP contribution in [0.3, 0.4) is 0 Å². The second kappa shape index (κ2) is 4.80. The molecule has 0 amide bonds. The van der Waals surface area contributed by atoms with Gasteiger partial charge in [0.15, 0.2) is 0 Å². The third-order valence-electron chi connectivity index (χ3n) is 3.36. The zero-order chi connectivity index (χ0) is 11.7. The number of nitrogens with one attached hydrogen (secondary N) is 1. The summed E-state index contributed by atoms with van der Waals surface area (Å²) in [7, 11) is 0. The first kappa shape index (κ1) is 12.0. The van der Waals surface area contributed by atoms with Gasteiger partial charge in [0.05, 0.1) is 5.69 Å². The SMILES string of the molecule is Cc1noc(C)c1C(C)NC1CCSC1C. The number of aryl methyl sites for hydroxylation is 2. The van der Waals surface area contributed by atoms with E-state index in [1.54, 1.807) is 0 Å². The molecule has 1 aliphatic heterocycles. The zero-order valence-electron chi connectivity index (χ0n) is 10.4. The molecule has 0 spiro atoms. The molecule has 2 heterocycles. The molecule has 1 aromatic rings. The van der Waals surface area contributed by atoms with Crippen LogP contribution in [0, 0.1) is 13.8 Å². The Kier molecular flexibility index (Phi) is 3.60. The predicted molar refractivity (Wildman–Crippen MR) is 67.9 cm³/mol. The van der Waals surface area contributed by atoms with Crippen molar-refractivity contribution in [2.24, 2.45) is 0 Å². The number of hydrogen-bond acceptors (Lipinski definition) is 4. The molecule has 1 fully saturated rings. The van der Waals surface area contributed by atoms with E-state index >= 15 is 0 Å². The Morgan fingerprint density at radius 2 is 2.25 bits per heavy atom. The molecule has 3 unspecified atom stereocenters. The predicted octanol–water partition coefficient (Wildman–Crippen LogP) is 2.84. The molecule has 16 heavy (non-hydrogen) atoms. The second-order valence-corrected chi connectivity index (χ2v) is 6.08. The van der Waals surface area contributed by atoms with Gasteiger partial charge in [-0.2, -0.15) is 11.8 Å². The Labute approximate surface area is 101 Å². The minimum absolute atomic E-state index is 0.331. The van der Waals surface area contributed by atoms with Crippen molar-refractivity contribution in [3.8, 4) is 0 Å². The van der Waals surface area contributed by atoms with Crippen LogP contribution in [0.25, 0.3) is 0 Å². The van der Waals surface area contributed by atoms with E-state index in [1.165, 1.54) is 17.7 Å². The monoisotopic (exact) mass is 240 g/mol. The molecular weight excluding hydrogens is 220 g/mol. The molecule has 1 aliphatic rings. The average molecular weight is 240 g/mol. The summed E-state index contributed by atoms with van der Waals surface area (Å²) in [4.78, 5) is 0. The molecule has 3 atom stereocenters. The van der Waals surface area contributed by atoms with Gasteiger partial charge in [-0.15, -0.1) is 0 Å². The van der Waals surface area contributed by atoms with E-state index in [9.17, 15) is 0 Å². The summed E-state index contributed by atoms with van der Waals surface area (Å²) in [6.45, 7) is 8.49. The van der Waals surface area contributed by atoms with Crippen LogP contribution in [-0.2, 0) is 0 Å². The first-order valence-corrected chi connectivity index (χ1v) is 6.95. The Bertz CT molecular complexity index is 344. The Morgan fingerprint density at radius 1 is 1.50 bits per heavy atom. The summed E-state index contributed by atoms with van der Waals surface area (Å²) in [5.41, 5.74) is 2.24. The van der Waals surface area contributed by atoms with Crippen LogP contribution in [0.1, 0.15) is 43.3 Å². The zero-order valence-corrected chi connectivity index (χ0v) is 11.2. The molecule has 1 N–H and O–H groups in total. The minimum Gasteiger partial charge on any atom is -0.361 e. The molecule has 90 valence electrons. The molecule has 0 bridgehead atoms. The lowest BCUT2D eigenvalue weighted by molar-refractivity contribution is 0.388. The standard InChI is InChI=1S/C12H20N2OS/c1-7(12-8(2)14-15-9(12)3)13-11-5-6-16-10(11)4/h7,10-11,13H,5-6H2,1-4H3. The minimum atomic E-state index is 0.331. The lowest BCUT2D eigenvalue weighted by atomic mass is 10.0. The summed E-state index contributed by atoms with van der Waals surface area (Å²) < 4.78 is 5.21. The summed E-state index contributed by atoms with van der Waals surface area (Å²) in [6.07, 6.45) is 1.26. The van der Waals surface area contributed by atoms with Crippen molar-refractivity contribution < 1.29 is 4.52 Å². The smallest absolute Gasteiger partial charge is 0.138 e. The third-order valence-corrected chi connectivity index (χ3v) is 4.69. The van der Waals surface area contributed by atoms with Gasteiger partial charge in [0, 0.05) is 22.9 Å². The summed E-state index contributed by atoms with van der Waals surface area (Å²) >= 11 is 2.05. The Morgan fingerprint density at radius 3 is 2.75 bits per heavy atom. The van der Waals surface area contributed by atoms with Gasteiger partial charge >= 0.3 is 0 Å². The topological polar surface area (TPSA) is 38.1 Å². The van der Waals surface area contributed by atoms with Crippen LogP contribution >= 0.6 is 11.8 Å². The summed E-state index contributed by atoms with van der Waals surface area (Å²) in [5.74, 6) is 2.21. The molecular formula is C12H20N2OS. The van der Waals surface area contributed by atoms with E-state index in [0.717, 1.165) is 11.5 Å². The Balaban J connectivity index is 2.05. The maximum Gasteiger partial charge on any atom is 0.138 e. The van der Waals surface area contributed by atoms with Crippen LogP contribution in [0.15, 0.2) is 4.52 Å². The van der Waals surface area contributed by atoms with Crippen LogP contribution in [0.5, 0.6) is 0 Å². The van der Waals surface area contributed by atoms with E-state index in [1.807, 2.05) is 13.8 Å². The van der Waals surface area contributed by atoms with Crippen LogP contribution in [-0.4, -0.2) is 22.2 Å². The fraction of sp³-hybridized carbons (Fsp3) is 0.750. The number of rotatable bonds is 3. The van der Waals surface area contributed by atoms with Gasteiger partial charge < -0.3 is 9.84 Å². The van der Waals surface area contributed by atoms with Crippen molar-refractivity contribution in [1.29, 1.82) is 0 Å². The highest BCUT2D eigenvalue weighted by molar-refractivity contribution is 8.00. The van der Waals surface area contributed by atoms with Crippen molar-refractivity contribution in [3.05, 3.63) is 17.0 Å². The molecule has 0 saturated carbocycles. The van der Waals surface area contributed by atoms with Crippen molar-refractivity contribution in [1.82, 2.24) is 10.5 Å². The largest absolute Gasteiger partial charge is 0.361 e. The maximum absolute atomic E-state index is 5.21. The fourth-order valence-corrected chi connectivity index (χ4v) is 3.67. The van der Waals surface area contributed by atoms with Crippen LogP contribution < -0.4 is 5.32 Å². The number of nitrogens with zero attached hydrogens (tertiary/aromatic N) is 1. The van der Waals surface area contributed by atoms with Gasteiger partial charge in [-0.3, -0.25) is 0 Å². The van der Waals surface area contributed by atoms with Crippen LogP contribution in [0.2, 0.25) is 0 Å². The number of thioether (sulfide) groups is 1. The number of aromatic nitrogens is 1. The maximum atomic E-state index is 5.21. The lowest BCUT2D eigenvalue weighted by Gasteiger charge is -2.22. The van der Waals surface area contributed by atoms with E-state index in [0.29, 0.717) is 17.3 Å². The first-order valence-electron chi connectivity index (χ1n) is 5.90. The van der Waals surface area contributed by atoms with Gasteiger partial charge in [-0.25, -0.2) is 0 Å². The van der Waals surface area contributed by atoms with E-state index in [-0.39, 0.29) is 0 Å². The molecule has 2 rings (SSSR count). The van der Waals surface area contributed by atoms with Crippen molar-refractivity contribution in [2.75, 3.05) is 5.75 Å². The van der Waals surface area contributed by atoms with Crippen LogP contribution in [0.4, 0.5) is 0 Å². The normalized spacial score (nSPS) is 27.2. The molecule has 4 heteroatoms. The van der Waals surface area contributed by atoms with E-state index < -0.39 is 0 Å². The molecule has 1 saturated heterocycles. The molecule has 0 aliphatic carbocycles. The molecule has 1 aromatic heterocycles. The average Bonchev–Trinajstić information content (AvgIpc) is 2.75. The molecule has 0 aromatic carbocycles. The second-order valence-electron chi connectivity index (χ2n) is 4.60. The van der Waals surface area contributed by atoms with Gasteiger partial charge in [-0.1, -0.05) is 12.1 Å². The third kappa shape index (κ3) is 2.28. The summed E-state index contributed by atoms with van der Waals surface area (Å²) in [6, 6.07) is 0.950. The highest BCUT2D eigenvalue weighted by atomic mass is 32.2. The summed E-state index contributed by atoms with van der Waals surface area (Å²) in [5, 5.41) is 8.41. The van der Waals surface area contributed by atoms with Crippen molar-refractivity contribution in [3.63, 3.8) is 0 Å². The highest BCUT2D eigenvalue weighted by Crippen LogP contribution is 2.29. The highest BCUT2D eigenvalue weighted by Gasteiger charge is 2.27. The lowest BCUT2D eigenvalue weighted by Crippen LogP contribution is -2.35. The van der Waals surface area contributed by atoms with Gasteiger partial charge in [0.2, 0.25) is 0 Å². The van der Waals surface area contributed by atoms with Gasteiger partial charge in [-0.05, 0) is 32.9 Å². The number of hydrogen-bond donors (Lipinski definition) is 1. The van der Waals surface area contributed by atoms with Crippen molar-refractivity contribution >= 4 is 11.8 Å². The van der Waals surface area contributed by atoms with Gasteiger partial charge in [0.1, 0.15) is 5.76 Å². The Hall–Kier alpha value is -0.480. The van der Waals surface area contributed by atoms with E-state index in [2.05, 4.69) is 36.1 Å².